The standard InChI is InChI=1S/C14H15N3/c1-3-17-10-15-8-14(17)12-9-16(2)13-7-5-4-6-11(12)13/h4-10H,3H2,1-2H3. The summed E-state index contributed by atoms with van der Waals surface area (Å²) in [5.74, 6) is 0. The Hall–Kier alpha value is -2.03. The average Bonchev–Trinajstić information content (AvgIpc) is 2.94. The minimum atomic E-state index is 0.943. The number of fused-ring (bicyclic) bond motifs is 1. The number of imidazole rings is 1. The molecule has 0 fully saturated rings. The average molecular weight is 225 g/mol. The maximum atomic E-state index is 4.24. The van der Waals surface area contributed by atoms with Crippen molar-refractivity contribution in [2.45, 2.75) is 13.5 Å². The molecule has 3 nitrogen and oxygen atoms in total. The number of aryl methyl sites for hydroxylation is 2. The van der Waals surface area contributed by atoms with Gasteiger partial charge in [0.2, 0.25) is 0 Å². The Morgan fingerprint density at radius 3 is 2.88 bits per heavy atom. The number of benzene rings is 1. The van der Waals surface area contributed by atoms with E-state index in [1.807, 2.05) is 12.5 Å². The molecule has 0 bridgehead atoms. The van der Waals surface area contributed by atoms with E-state index >= 15 is 0 Å². The van der Waals surface area contributed by atoms with E-state index in [4.69, 9.17) is 0 Å². The van der Waals surface area contributed by atoms with Crippen molar-refractivity contribution >= 4 is 10.9 Å². The Labute approximate surface area is 100 Å². The van der Waals surface area contributed by atoms with Crippen LogP contribution in [0.3, 0.4) is 0 Å². The molecule has 0 aliphatic heterocycles. The second kappa shape index (κ2) is 3.77. The quantitative estimate of drug-likeness (QED) is 0.657. The lowest BCUT2D eigenvalue weighted by Crippen LogP contribution is -1.93. The van der Waals surface area contributed by atoms with Crippen LogP contribution in [-0.4, -0.2) is 14.1 Å². The van der Waals surface area contributed by atoms with E-state index in [2.05, 4.69) is 58.6 Å². The van der Waals surface area contributed by atoms with Gasteiger partial charge in [-0.3, -0.25) is 0 Å². The molecule has 0 aliphatic carbocycles. The summed E-state index contributed by atoms with van der Waals surface area (Å²) in [7, 11) is 2.08. The van der Waals surface area contributed by atoms with E-state index in [0.29, 0.717) is 0 Å². The van der Waals surface area contributed by atoms with Crippen molar-refractivity contribution in [2.24, 2.45) is 7.05 Å². The van der Waals surface area contributed by atoms with E-state index in [9.17, 15) is 0 Å². The molecule has 0 saturated heterocycles. The molecule has 2 aromatic heterocycles. The zero-order valence-corrected chi connectivity index (χ0v) is 10.1. The van der Waals surface area contributed by atoms with E-state index in [1.54, 1.807) is 0 Å². The summed E-state index contributed by atoms with van der Waals surface area (Å²) in [6, 6.07) is 8.46. The molecule has 3 rings (SSSR count). The van der Waals surface area contributed by atoms with Crippen LogP contribution in [0.15, 0.2) is 43.0 Å². The van der Waals surface area contributed by atoms with Gasteiger partial charge in [-0.05, 0) is 13.0 Å². The summed E-state index contributed by atoms with van der Waals surface area (Å²) in [4.78, 5) is 4.24. The molecule has 0 spiro atoms. The van der Waals surface area contributed by atoms with Gasteiger partial charge in [0, 0.05) is 36.3 Å². The molecule has 0 amide bonds. The predicted octanol–water partition coefficient (Wildman–Crippen LogP) is 3.06. The van der Waals surface area contributed by atoms with Gasteiger partial charge in [0.25, 0.3) is 0 Å². The van der Waals surface area contributed by atoms with Crippen molar-refractivity contribution in [1.82, 2.24) is 14.1 Å². The predicted molar refractivity (Wildman–Crippen MR) is 69.8 cm³/mol. The lowest BCUT2D eigenvalue weighted by Gasteiger charge is -2.03. The van der Waals surface area contributed by atoms with Crippen molar-refractivity contribution in [2.75, 3.05) is 0 Å². The Balaban J connectivity index is 2.31. The highest BCUT2D eigenvalue weighted by atomic mass is 15.0. The van der Waals surface area contributed by atoms with Gasteiger partial charge in [0.05, 0.1) is 18.2 Å². The Kier molecular flexibility index (Phi) is 2.25. The van der Waals surface area contributed by atoms with Crippen molar-refractivity contribution in [1.29, 1.82) is 0 Å². The van der Waals surface area contributed by atoms with Crippen molar-refractivity contribution < 1.29 is 0 Å². The first kappa shape index (κ1) is 10.1. The Morgan fingerprint density at radius 2 is 2.06 bits per heavy atom. The molecule has 0 aliphatic rings. The molecule has 1 aromatic carbocycles. The summed E-state index contributed by atoms with van der Waals surface area (Å²) < 4.78 is 4.33. The molecule has 2 heterocycles. The lowest BCUT2D eigenvalue weighted by atomic mass is 10.1. The number of nitrogens with zero attached hydrogens (tertiary/aromatic N) is 3. The van der Waals surface area contributed by atoms with E-state index in [0.717, 1.165) is 6.54 Å². The maximum absolute atomic E-state index is 4.24. The topological polar surface area (TPSA) is 22.8 Å². The molecule has 3 heteroatoms. The first-order valence-corrected chi connectivity index (χ1v) is 5.86. The van der Waals surface area contributed by atoms with Crippen molar-refractivity contribution in [3.63, 3.8) is 0 Å². The fraction of sp³-hybridized carbons (Fsp3) is 0.214. The third-order valence-corrected chi connectivity index (χ3v) is 3.23. The molecular weight excluding hydrogens is 210 g/mol. The number of aromatic nitrogens is 3. The SMILES string of the molecule is CCn1cncc1-c1cn(C)c2ccccc12. The van der Waals surface area contributed by atoms with Crippen LogP contribution in [0.25, 0.3) is 22.2 Å². The van der Waals surface area contributed by atoms with Gasteiger partial charge in [0.15, 0.2) is 0 Å². The second-order valence-corrected chi connectivity index (χ2v) is 4.24. The highest BCUT2D eigenvalue weighted by molar-refractivity contribution is 5.95. The second-order valence-electron chi connectivity index (χ2n) is 4.24. The van der Waals surface area contributed by atoms with E-state index < -0.39 is 0 Å². The number of rotatable bonds is 2. The van der Waals surface area contributed by atoms with E-state index in [-0.39, 0.29) is 0 Å². The third kappa shape index (κ3) is 1.46. The Morgan fingerprint density at radius 1 is 1.24 bits per heavy atom. The summed E-state index contributed by atoms with van der Waals surface area (Å²) in [5.41, 5.74) is 3.69. The van der Waals surface area contributed by atoms with Gasteiger partial charge in [-0.1, -0.05) is 18.2 Å². The zero-order valence-electron chi connectivity index (χ0n) is 10.1. The van der Waals surface area contributed by atoms with Crippen molar-refractivity contribution in [3.05, 3.63) is 43.0 Å². The fourth-order valence-electron chi connectivity index (χ4n) is 2.34. The zero-order chi connectivity index (χ0) is 11.8. The van der Waals surface area contributed by atoms with Crippen molar-refractivity contribution in [3.8, 4) is 11.3 Å². The van der Waals surface area contributed by atoms with E-state index in [1.165, 1.54) is 22.2 Å². The number of para-hydroxylation sites is 1. The maximum Gasteiger partial charge on any atom is 0.0950 e. The summed E-state index contributed by atoms with van der Waals surface area (Å²) in [5, 5.41) is 1.28. The molecule has 0 saturated carbocycles. The first-order valence-electron chi connectivity index (χ1n) is 5.86. The minimum absolute atomic E-state index is 0.943. The molecule has 0 atom stereocenters. The fourth-order valence-corrected chi connectivity index (χ4v) is 2.34. The van der Waals surface area contributed by atoms with Gasteiger partial charge in [-0.2, -0.15) is 0 Å². The Bertz CT molecular complexity index is 661. The van der Waals surface area contributed by atoms with Crippen LogP contribution in [0.4, 0.5) is 0 Å². The molecule has 0 radical (unpaired) electrons. The van der Waals surface area contributed by atoms with Gasteiger partial charge < -0.3 is 9.13 Å². The largest absolute Gasteiger partial charge is 0.350 e. The molecule has 0 N–H and O–H groups in total. The molecular formula is C14H15N3. The summed E-state index contributed by atoms with van der Waals surface area (Å²) >= 11 is 0. The monoisotopic (exact) mass is 225 g/mol. The number of hydrogen-bond acceptors (Lipinski definition) is 1. The van der Waals surface area contributed by atoms with Crippen LogP contribution < -0.4 is 0 Å². The molecule has 86 valence electrons. The van der Waals surface area contributed by atoms with Crippen LogP contribution in [-0.2, 0) is 13.6 Å². The number of hydrogen-bond donors (Lipinski definition) is 0. The van der Waals surface area contributed by atoms with Gasteiger partial charge in [-0.25, -0.2) is 4.98 Å². The van der Waals surface area contributed by atoms with Crippen LogP contribution in [0.1, 0.15) is 6.92 Å². The van der Waals surface area contributed by atoms with Gasteiger partial charge in [0.1, 0.15) is 0 Å². The first-order chi connectivity index (χ1) is 8.31. The molecule has 3 aromatic rings. The normalized spacial score (nSPS) is 11.2. The van der Waals surface area contributed by atoms with Crippen LogP contribution in [0.2, 0.25) is 0 Å². The van der Waals surface area contributed by atoms with Gasteiger partial charge >= 0.3 is 0 Å². The van der Waals surface area contributed by atoms with Crippen LogP contribution in [0, 0.1) is 0 Å². The lowest BCUT2D eigenvalue weighted by molar-refractivity contribution is 0.769. The summed E-state index contributed by atoms with van der Waals surface area (Å²) in [6.07, 6.45) is 6.00. The molecule has 17 heavy (non-hydrogen) atoms. The van der Waals surface area contributed by atoms with Crippen LogP contribution >= 0.6 is 0 Å². The van der Waals surface area contributed by atoms with Gasteiger partial charge in [-0.15, -0.1) is 0 Å². The third-order valence-electron chi connectivity index (χ3n) is 3.23. The highest BCUT2D eigenvalue weighted by Gasteiger charge is 2.11. The smallest absolute Gasteiger partial charge is 0.0950 e. The summed E-state index contributed by atoms with van der Waals surface area (Å²) in [6.45, 7) is 3.08. The highest BCUT2D eigenvalue weighted by Crippen LogP contribution is 2.29. The molecule has 0 unspecified atom stereocenters. The minimum Gasteiger partial charge on any atom is -0.350 e. The van der Waals surface area contributed by atoms with Crippen LogP contribution in [0.5, 0.6) is 0 Å².